The van der Waals surface area contributed by atoms with E-state index in [-0.39, 0.29) is 0 Å². The lowest BCUT2D eigenvalue weighted by Crippen LogP contribution is -1.91. The maximum absolute atomic E-state index is 9.03. The average molecular weight is 367 g/mol. The number of alkyl halides is 1. The van der Waals surface area contributed by atoms with Crippen molar-refractivity contribution in [2.75, 3.05) is 0 Å². The second-order valence-corrected chi connectivity index (χ2v) is 5.07. The lowest BCUT2D eigenvalue weighted by Gasteiger charge is -2.11. The van der Waals surface area contributed by atoms with Crippen molar-refractivity contribution in [2.24, 2.45) is 0 Å². The maximum Gasteiger partial charge on any atom is 0.145 e. The molecule has 2 nitrogen and oxygen atoms in total. The largest absolute Gasteiger partial charge is 0.456 e. The second-order valence-electron chi connectivity index (χ2n) is 3.60. The zero-order valence-electron chi connectivity index (χ0n) is 9.36. The zero-order chi connectivity index (χ0) is 13.0. The Labute approximate surface area is 122 Å². The van der Waals surface area contributed by atoms with Crippen LogP contribution in [0, 0.1) is 11.3 Å². The van der Waals surface area contributed by atoms with E-state index in [0.717, 1.165) is 15.8 Å². The summed E-state index contributed by atoms with van der Waals surface area (Å²) in [5.74, 6) is 1.31. The number of rotatable bonds is 3. The van der Waals surface area contributed by atoms with Gasteiger partial charge in [0.15, 0.2) is 0 Å². The molecule has 2 rings (SSSR count). The number of nitriles is 1. The quantitative estimate of drug-likeness (QED) is 0.715. The van der Waals surface area contributed by atoms with Crippen molar-refractivity contribution in [3.05, 3.63) is 58.1 Å². The standard InChI is InChI=1S/C14H9Br2NO/c15-8-10-5-6-12(16)7-14(10)18-13-4-2-1-3-11(13)9-17/h1-7H,8H2. The van der Waals surface area contributed by atoms with Crippen LogP contribution in [0.15, 0.2) is 46.9 Å². The van der Waals surface area contributed by atoms with E-state index >= 15 is 0 Å². The summed E-state index contributed by atoms with van der Waals surface area (Å²) in [6, 6.07) is 15.1. The van der Waals surface area contributed by atoms with E-state index in [1.54, 1.807) is 12.1 Å². The summed E-state index contributed by atoms with van der Waals surface area (Å²) in [5.41, 5.74) is 1.56. The average Bonchev–Trinajstić information content (AvgIpc) is 2.40. The molecule has 0 saturated carbocycles. The molecule has 2 aromatic rings. The lowest BCUT2D eigenvalue weighted by molar-refractivity contribution is 0.476. The summed E-state index contributed by atoms with van der Waals surface area (Å²) in [5, 5.41) is 9.73. The molecule has 18 heavy (non-hydrogen) atoms. The van der Waals surface area contributed by atoms with Gasteiger partial charge in [-0.3, -0.25) is 0 Å². The number of nitrogens with zero attached hydrogens (tertiary/aromatic N) is 1. The van der Waals surface area contributed by atoms with E-state index < -0.39 is 0 Å². The molecule has 0 aromatic heterocycles. The van der Waals surface area contributed by atoms with E-state index in [2.05, 4.69) is 37.9 Å². The lowest BCUT2D eigenvalue weighted by atomic mass is 10.2. The molecule has 0 spiro atoms. The van der Waals surface area contributed by atoms with Crippen LogP contribution >= 0.6 is 31.9 Å². The van der Waals surface area contributed by atoms with Crippen LogP contribution in [-0.4, -0.2) is 0 Å². The Hall–Kier alpha value is -1.31. The van der Waals surface area contributed by atoms with Crippen molar-refractivity contribution >= 4 is 31.9 Å². The van der Waals surface area contributed by atoms with Gasteiger partial charge >= 0.3 is 0 Å². The normalized spacial score (nSPS) is 9.83. The Morgan fingerprint density at radius 1 is 1.11 bits per heavy atom. The molecule has 0 radical (unpaired) electrons. The topological polar surface area (TPSA) is 33.0 Å². The van der Waals surface area contributed by atoms with Crippen LogP contribution in [-0.2, 0) is 5.33 Å². The van der Waals surface area contributed by atoms with Crippen molar-refractivity contribution in [3.63, 3.8) is 0 Å². The number of para-hydroxylation sites is 1. The van der Waals surface area contributed by atoms with Gasteiger partial charge < -0.3 is 4.74 Å². The Bertz CT molecular complexity index is 605. The highest BCUT2D eigenvalue weighted by Gasteiger charge is 2.08. The molecule has 0 aliphatic carbocycles. The Morgan fingerprint density at radius 2 is 1.89 bits per heavy atom. The van der Waals surface area contributed by atoms with Gasteiger partial charge in [-0.05, 0) is 24.3 Å². The first-order chi connectivity index (χ1) is 8.74. The predicted octanol–water partition coefficient (Wildman–Crippen LogP) is 5.01. The molecule has 0 aliphatic heterocycles. The second kappa shape index (κ2) is 6.03. The number of hydrogen-bond acceptors (Lipinski definition) is 2. The third kappa shape index (κ3) is 2.92. The van der Waals surface area contributed by atoms with Gasteiger partial charge in [0, 0.05) is 15.4 Å². The summed E-state index contributed by atoms with van der Waals surface area (Å²) >= 11 is 6.84. The van der Waals surface area contributed by atoms with Crippen molar-refractivity contribution < 1.29 is 4.74 Å². The molecular weight excluding hydrogens is 358 g/mol. The van der Waals surface area contributed by atoms with Crippen LogP contribution in [0.5, 0.6) is 11.5 Å². The molecular formula is C14H9Br2NO. The monoisotopic (exact) mass is 365 g/mol. The Kier molecular flexibility index (Phi) is 4.40. The van der Waals surface area contributed by atoms with E-state index in [1.165, 1.54) is 0 Å². The molecule has 0 N–H and O–H groups in total. The molecule has 0 fully saturated rings. The van der Waals surface area contributed by atoms with E-state index in [0.29, 0.717) is 16.6 Å². The summed E-state index contributed by atoms with van der Waals surface area (Å²) in [4.78, 5) is 0. The minimum absolute atomic E-state index is 0.526. The molecule has 0 saturated heterocycles. The third-order valence-electron chi connectivity index (χ3n) is 2.40. The molecule has 90 valence electrons. The summed E-state index contributed by atoms with van der Waals surface area (Å²) in [6.07, 6.45) is 0. The van der Waals surface area contributed by atoms with Gasteiger partial charge in [-0.15, -0.1) is 0 Å². The van der Waals surface area contributed by atoms with Crippen molar-refractivity contribution in [2.45, 2.75) is 5.33 Å². The first-order valence-corrected chi connectivity index (χ1v) is 7.17. The SMILES string of the molecule is N#Cc1ccccc1Oc1cc(Br)ccc1CBr. The van der Waals surface area contributed by atoms with Gasteiger partial charge in [-0.2, -0.15) is 5.26 Å². The molecule has 2 aromatic carbocycles. The highest BCUT2D eigenvalue weighted by molar-refractivity contribution is 9.10. The van der Waals surface area contributed by atoms with E-state index in [1.807, 2.05) is 30.3 Å². The number of hydrogen-bond donors (Lipinski definition) is 0. The van der Waals surface area contributed by atoms with Gasteiger partial charge in [-0.1, -0.05) is 50.1 Å². The Morgan fingerprint density at radius 3 is 2.61 bits per heavy atom. The van der Waals surface area contributed by atoms with Gasteiger partial charge in [0.2, 0.25) is 0 Å². The van der Waals surface area contributed by atoms with Crippen molar-refractivity contribution in [1.29, 1.82) is 5.26 Å². The molecule has 0 amide bonds. The fourth-order valence-electron chi connectivity index (χ4n) is 1.50. The molecule has 0 unspecified atom stereocenters. The molecule has 0 atom stereocenters. The van der Waals surface area contributed by atoms with E-state index in [9.17, 15) is 0 Å². The number of halogens is 2. The van der Waals surface area contributed by atoms with Gasteiger partial charge in [0.05, 0.1) is 5.56 Å². The van der Waals surface area contributed by atoms with Crippen molar-refractivity contribution in [3.8, 4) is 17.6 Å². The third-order valence-corrected chi connectivity index (χ3v) is 3.50. The molecule has 0 heterocycles. The molecule has 0 aliphatic rings. The first kappa shape index (κ1) is 13.1. The van der Waals surface area contributed by atoms with Crippen LogP contribution in [0.25, 0.3) is 0 Å². The number of ether oxygens (including phenoxy) is 1. The van der Waals surface area contributed by atoms with Crippen LogP contribution in [0.3, 0.4) is 0 Å². The highest BCUT2D eigenvalue weighted by Crippen LogP contribution is 2.31. The summed E-state index contributed by atoms with van der Waals surface area (Å²) in [6.45, 7) is 0. The predicted molar refractivity (Wildman–Crippen MR) is 78.0 cm³/mol. The Balaban J connectivity index is 2.40. The van der Waals surface area contributed by atoms with Gasteiger partial charge in [0.25, 0.3) is 0 Å². The summed E-state index contributed by atoms with van der Waals surface area (Å²) < 4.78 is 6.76. The van der Waals surface area contributed by atoms with Crippen LogP contribution in [0.4, 0.5) is 0 Å². The zero-order valence-corrected chi connectivity index (χ0v) is 12.5. The fraction of sp³-hybridized carbons (Fsp3) is 0.0714. The minimum Gasteiger partial charge on any atom is -0.456 e. The van der Waals surface area contributed by atoms with Crippen molar-refractivity contribution in [1.82, 2.24) is 0 Å². The van der Waals surface area contributed by atoms with Crippen LogP contribution in [0.1, 0.15) is 11.1 Å². The van der Waals surface area contributed by atoms with Gasteiger partial charge in [-0.25, -0.2) is 0 Å². The summed E-state index contributed by atoms with van der Waals surface area (Å²) in [7, 11) is 0. The minimum atomic E-state index is 0.526. The number of benzene rings is 2. The molecule has 4 heteroatoms. The van der Waals surface area contributed by atoms with Crippen LogP contribution in [0.2, 0.25) is 0 Å². The smallest absolute Gasteiger partial charge is 0.145 e. The molecule has 0 bridgehead atoms. The first-order valence-electron chi connectivity index (χ1n) is 5.26. The highest BCUT2D eigenvalue weighted by atomic mass is 79.9. The maximum atomic E-state index is 9.03. The fourth-order valence-corrected chi connectivity index (χ4v) is 2.30. The van der Waals surface area contributed by atoms with Crippen LogP contribution < -0.4 is 4.74 Å². The van der Waals surface area contributed by atoms with E-state index in [4.69, 9.17) is 10.00 Å². The van der Waals surface area contributed by atoms with Gasteiger partial charge in [0.1, 0.15) is 17.6 Å².